The first-order valence-corrected chi connectivity index (χ1v) is 5.59. The summed E-state index contributed by atoms with van der Waals surface area (Å²) in [6.07, 6.45) is 1.17. The number of aromatic nitrogens is 2. The summed E-state index contributed by atoms with van der Waals surface area (Å²) in [6, 6.07) is -0.182. The van der Waals surface area contributed by atoms with Crippen LogP contribution in [0.5, 0.6) is 0 Å². The Morgan fingerprint density at radius 3 is 2.72 bits per heavy atom. The van der Waals surface area contributed by atoms with Crippen molar-refractivity contribution in [1.29, 1.82) is 0 Å². The number of hydrogen-bond acceptors (Lipinski definition) is 4. The van der Waals surface area contributed by atoms with Gasteiger partial charge >= 0.3 is 5.97 Å². The fourth-order valence-corrected chi connectivity index (χ4v) is 2.00. The molecule has 7 nitrogen and oxygen atoms in total. The SMILES string of the molecule is CC1(C)C(O)CC1NC(=O)c1nc[nH]c1C(=O)O. The Labute approximate surface area is 103 Å². The summed E-state index contributed by atoms with van der Waals surface area (Å²) in [5.41, 5.74) is -0.778. The fourth-order valence-electron chi connectivity index (χ4n) is 2.00. The number of nitrogens with zero attached hydrogens (tertiary/aromatic N) is 1. The normalized spacial score (nSPS) is 25.3. The van der Waals surface area contributed by atoms with Crippen LogP contribution in [0.25, 0.3) is 0 Å². The van der Waals surface area contributed by atoms with Crippen LogP contribution in [-0.2, 0) is 0 Å². The number of H-pyrrole nitrogens is 1. The Morgan fingerprint density at radius 2 is 2.22 bits per heavy atom. The van der Waals surface area contributed by atoms with Crippen LogP contribution in [0, 0.1) is 5.41 Å². The molecule has 0 aliphatic heterocycles. The van der Waals surface area contributed by atoms with Crippen molar-refractivity contribution in [3.8, 4) is 0 Å². The molecule has 1 aliphatic rings. The summed E-state index contributed by atoms with van der Waals surface area (Å²) >= 11 is 0. The Hall–Kier alpha value is -1.89. The molecule has 2 atom stereocenters. The van der Waals surface area contributed by atoms with Crippen LogP contribution in [0.15, 0.2) is 6.33 Å². The molecule has 18 heavy (non-hydrogen) atoms. The highest BCUT2D eigenvalue weighted by Crippen LogP contribution is 2.40. The number of carbonyl (C=O) groups is 2. The average Bonchev–Trinajstić information content (AvgIpc) is 2.77. The summed E-state index contributed by atoms with van der Waals surface area (Å²) in [5.74, 6) is -1.77. The second-order valence-corrected chi connectivity index (χ2v) is 5.03. The molecule has 0 aromatic carbocycles. The molecule has 98 valence electrons. The second-order valence-electron chi connectivity index (χ2n) is 5.03. The molecule has 7 heteroatoms. The van der Waals surface area contributed by atoms with Crippen LogP contribution in [0.3, 0.4) is 0 Å². The summed E-state index contributed by atoms with van der Waals surface area (Å²) in [6.45, 7) is 3.68. The molecule has 1 heterocycles. The van der Waals surface area contributed by atoms with Gasteiger partial charge in [-0.05, 0) is 6.42 Å². The van der Waals surface area contributed by atoms with Gasteiger partial charge in [0.2, 0.25) is 0 Å². The van der Waals surface area contributed by atoms with Gasteiger partial charge in [-0.2, -0.15) is 0 Å². The lowest BCUT2D eigenvalue weighted by molar-refractivity contribution is -0.0690. The average molecular weight is 253 g/mol. The Morgan fingerprint density at radius 1 is 1.56 bits per heavy atom. The minimum Gasteiger partial charge on any atom is -0.477 e. The van der Waals surface area contributed by atoms with Crippen molar-refractivity contribution in [2.45, 2.75) is 32.4 Å². The van der Waals surface area contributed by atoms with Crippen LogP contribution in [-0.4, -0.2) is 44.2 Å². The number of aromatic carboxylic acids is 1. The Balaban J connectivity index is 2.09. The van der Waals surface area contributed by atoms with E-state index in [-0.39, 0.29) is 17.4 Å². The first kappa shape index (κ1) is 12.6. The van der Waals surface area contributed by atoms with Gasteiger partial charge < -0.3 is 20.5 Å². The molecule has 2 rings (SSSR count). The fraction of sp³-hybridized carbons (Fsp3) is 0.545. The van der Waals surface area contributed by atoms with E-state index in [1.807, 2.05) is 13.8 Å². The van der Waals surface area contributed by atoms with E-state index in [0.717, 1.165) is 0 Å². The molecule has 1 amide bonds. The smallest absolute Gasteiger partial charge is 0.354 e. The number of aliphatic hydroxyl groups excluding tert-OH is 1. The second kappa shape index (κ2) is 4.09. The van der Waals surface area contributed by atoms with E-state index in [9.17, 15) is 14.7 Å². The number of nitrogens with one attached hydrogen (secondary N) is 2. The number of imidazole rings is 1. The van der Waals surface area contributed by atoms with Gasteiger partial charge in [-0.1, -0.05) is 13.8 Å². The van der Waals surface area contributed by atoms with E-state index < -0.39 is 23.4 Å². The molecule has 1 aromatic heterocycles. The number of carboxylic acid groups (broad SMARTS) is 1. The van der Waals surface area contributed by atoms with E-state index in [1.54, 1.807) is 0 Å². The van der Waals surface area contributed by atoms with Crippen molar-refractivity contribution in [2.75, 3.05) is 0 Å². The number of aliphatic hydroxyl groups is 1. The molecular weight excluding hydrogens is 238 g/mol. The van der Waals surface area contributed by atoms with Crippen molar-refractivity contribution in [3.63, 3.8) is 0 Å². The number of carbonyl (C=O) groups excluding carboxylic acids is 1. The Bertz CT molecular complexity index is 494. The maximum atomic E-state index is 11.9. The van der Waals surface area contributed by atoms with Gasteiger partial charge in [0.15, 0.2) is 11.4 Å². The molecule has 4 N–H and O–H groups in total. The highest BCUT2D eigenvalue weighted by Gasteiger charge is 2.48. The van der Waals surface area contributed by atoms with Crippen LogP contribution < -0.4 is 5.32 Å². The lowest BCUT2D eigenvalue weighted by Gasteiger charge is -2.49. The molecule has 1 saturated carbocycles. The van der Waals surface area contributed by atoms with Crippen molar-refractivity contribution >= 4 is 11.9 Å². The lowest BCUT2D eigenvalue weighted by Crippen LogP contribution is -2.61. The minimum absolute atomic E-state index is 0.139. The zero-order valence-corrected chi connectivity index (χ0v) is 10.1. The predicted molar refractivity (Wildman–Crippen MR) is 61.2 cm³/mol. The minimum atomic E-state index is -1.23. The molecule has 0 radical (unpaired) electrons. The highest BCUT2D eigenvalue weighted by atomic mass is 16.4. The number of carboxylic acids is 1. The van der Waals surface area contributed by atoms with Crippen LogP contribution in [0.1, 0.15) is 41.2 Å². The Kier molecular flexibility index (Phi) is 2.86. The van der Waals surface area contributed by atoms with Gasteiger partial charge in [0.1, 0.15) is 0 Å². The predicted octanol–water partition coefficient (Wildman–Crippen LogP) is -0.00290. The molecule has 0 bridgehead atoms. The van der Waals surface area contributed by atoms with Crippen LogP contribution in [0.2, 0.25) is 0 Å². The van der Waals surface area contributed by atoms with Gasteiger partial charge in [-0.25, -0.2) is 9.78 Å². The maximum Gasteiger partial charge on any atom is 0.354 e. The number of hydrogen-bond donors (Lipinski definition) is 4. The van der Waals surface area contributed by atoms with E-state index in [0.29, 0.717) is 6.42 Å². The van der Waals surface area contributed by atoms with E-state index >= 15 is 0 Å². The van der Waals surface area contributed by atoms with Gasteiger partial charge in [0.25, 0.3) is 5.91 Å². The number of aromatic amines is 1. The summed E-state index contributed by atoms with van der Waals surface area (Å²) < 4.78 is 0. The van der Waals surface area contributed by atoms with E-state index in [2.05, 4.69) is 15.3 Å². The van der Waals surface area contributed by atoms with Gasteiger partial charge in [0.05, 0.1) is 12.4 Å². The molecule has 2 unspecified atom stereocenters. The third-order valence-corrected chi connectivity index (χ3v) is 3.59. The standard InChI is InChI=1S/C11H15N3O4/c1-11(2)5(3-6(11)15)14-9(16)7-8(10(17)18)13-4-12-7/h4-6,15H,3H2,1-2H3,(H,12,13)(H,14,16)(H,17,18). The monoisotopic (exact) mass is 253 g/mol. The van der Waals surface area contributed by atoms with Gasteiger partial charge in [-0.3, -0.25) is 4.79 Å². The highest BCUT2D eigenvalue weighted by molar-refractivity contribution is 6.02. The van der Waals surface area contributed by atoms with E-state index in [4.69, 9.17) is 5.11 Å². The largest absolute Gasteiger partial charge is 0.477 e. The molecular formula is C11H15N3O4. The maximum absolute atomic E-state index is 11.9. The summed E-state index contributed by atoms with van der Waals surface area (Å²) in [5, 5.41) is 21.1. The molecule has 0 spiro atoms. The van der Waals surface area contributed by atoms with Crippen molar-refractivity contribution in [1.82, 2.24) is 15.3 Å². The lowest BCUT2D eigenvalue weighted by atomic mass is 9.64. The zero-order chi connectivity index (χ0) is 13.5. The topological polar surface area (TPSA) is 115 Å². The third kappa shape index (κ3) is 1.86. The third-order valence-electron chi connectivity index (χ3n) is 3.59. The van der Waals surface area contributed by atoms with Crippen LogP contribution in [0.4, 0.5) is 0 Å². The van der Waals surface area contributed by atoms with Gasteiger partial charge in [-0.15, -0.1) is 0 Å². The van der Waals surface area contributed by atoms with Crippen molar-refractivity contribution in [2.24, 2.45) is 5.41 Å². The number of amides is 1. The summed E-state index contributed by atoms with van der Waals surface area (Å²) in [4.78, 5) is 28.8. The van der Waals surface area contributed by atoms with E-state index in [1.165, 1.54) is 6.33 Å². The first-order valence-electron chi connectivity index (χ1n) is 5.59. The zero-order valence-electron chi connectivity index (χ0n) is 10.1. The summed E-state index contributed by atoms with van der Waals surface area (Å²) in [7, 11) is 0. The van der Waals surface area contributed by atoms with Gasteiger partial charge in [0, 0.05) is 11.5 Å². The molecule has 1 aromatic rings. The van der Waals surface area contributed by atoms with Crippen molar-refractivity contribution in [3.05, 3.63) is 17.7 Å². The first-order chi connectivity index (χ1) is 8.34. The number of rotatable bonds is 3. The molecule has 1 aliphatic carbocycles. The van der Waals surface area contributed by atoms with Crippen molar-refractivity contribution < 1.29 is 19.8 Å². The van der Waals surface area contributed by atoms with Crippen LogP contribution >= 0.6 is 0 Å². The quantitative estimate of drug-likeness (QED) is 0.605. The molecule has 1 fully saturated rings. The molecule has 0 saturated heterocycles.